The topological polar surface area (TPSA) is 50.4 Å². The summed E-state index contributed by atoms with van der Waals surface area (Å²) in [5, 5.41) is 3.12. The minimum absolute atomic E-state index is 0.201. The Morgan fingerprint density at radius 3 is 2.82 bits per heavy atom. The van der Waals surface area contributed by atoms with Crippen molar-refractivity contribution in [2.45, 2.75) is 26.3 Å². The third-order valence-electron chi connectivity index (χ3n) is 2.99. The van der Waals surface area contributed by atoms with E-state index in [1.54, 1.807) is 0 Å². The quantitative estimate of drug-likeness (QED) is 0.776. The lowest BCUT2D eigenvalue weighted by Crippen LogP contribution is -2.27. The predicted molar refractivity (Wildman–Crippen MR) is 72.9 cm³/mol. The van der Waals surface area contributed by atoms with Gasteiger partial charge in [0, 0.05) is 24.0 Å². The summed E-state index contributed by atoms with van der Waals surface area (Å²) in [6.07, 6.45) is 4.92. The van der Waals surface area contributed by atoms with Gasteiger partial charge in [-0.2, -0.15) is 0 Å². The highest BCUT2D eigenvalue weighted by Crippen LogP contribution is 2.36. The molecule has 0 amide bonds. The van der Waals surface area contributed by atoms with E-state index in [4.69, 9.17) is 5.73 Å². The lowest BCUT2D eigenvalue weighted by Gasteiger charge is -2.30. The van der Waals surface area contributed by atoms with Gasteiger partial charge >= 0.3 is 0 Å². The van der Waals surface area contributed by atoms with Gasteiger partial charge < -0.3 is 11.1 Å². The molecule has 1 aromatic carbocycles. The average molecular weight is 229 g/mol. The highest BCUT2D eigenvalue weighted by atomic mass is 15.0. The first kappa shape index (κ1) is 11.9. The van der Waals surface area contributed by atoms with Crippen molar-refractivity contribution in [1.82, 2.24) is 5.32 Å². The number of rotatable bonds is 1. The third-order valence-corrected chi connectivity index (χ3v) is 2.99. The lowest BCUT2D eigenvalue weighted by molar-refractivity contribution is 0.634. The van der Waals surface area contributed by atoms with Crippen molar-refractivity contribution in [3.63, 3.8) is 0 Å². The molecule has 1 unspecified atom stereocenters. The highest BCUT2D eigenvalue weighted by Gasteiger charge is 2.26. The molecular formula is C14H19N3. The molecule has 1 aromatic rings. The summed E-state index contributed by atoms with van der Waals surface area (Å²) in [5.41, 5.74) is 11.0. The minimum atomic E-state index is 0.201. The van der Waals surface area contributed by atoms with Crippen LogP contribution in [-0.4, -0.2) is 12.9 Å². The van der Waals surface area contributed by atoms with Crippen LogP contribution in [0.2, 0.25) is 0 Å². The summed E-state index contributed by atoms with van der Waals surface area (Å²) in [6, 6.07) is 6.55. The molecule has 90 valence electrons. The minimum Gasteiger partial charge on any atom is -0.372 e. The summed E-state index contributed by atoms with van der Waals surface area (Å²) >= 11 is 0. The summed E-state index contributed by atoms with van der Waals surface area (Å²) < 4.78 is 0. The van der Waals surface area contributed by atoms with Gasteiger partial charge in [-0.1, -0.05) is 32.0 Å². The van der Waals surface area contributed by atoms with Crippen molar-refractivity contribution in [3.8, 4) is 0 Å². The Bertz CT molecular complexity index is 461. The number of benzene rings is 1. The van der Waals surface area contributed by atoms with Crippen LogP contribution in [0.15, 0.2) is 29.4 Å². The molecule has 3 heteroatoms. The number of hydrogen-bond acceptors (Lipinski definition) is 3. The first-order chi connectivity index (χ1) is 8.36. The van der Waals surface area contributed by atoms with E-state index in [0.717, 1.165) is 12.0 Å². The van der Waals surface area contributed by atoms with Gasteiger partial charge in [-0.05, 0) is 23.1 Å². The zero-order chi connectivity index (χ0) is 12.3. The van der Waals surface area contributed by atoms with Crippen LogP contribution in [0.3, 0.4) is 0 Å². The second-order valence-corrected chi connectivity index (χ2v) is 3.96. The number of fused-ring (bicyclic) bond motifs is 1. The summed E-state index contributed by atoms with van der Waals surface area (Å²) in [4.78, 5) is 4.21. The van der Waals surface area contributed by atoms with Crippen LogP contribution in [0, 0.1) is 0 Å². The number of nitrogens with one attached hydrogen (secondary N) is 1. The predicted octanol–water partition coefficient (Wildman–Crippen LogP) is 2.24. The van der Waals surface area contributed by atoms with E-state index in [9.17, 15) is 0 Å². The van der Waals surface area contributed by atoms with Crippen molar-refractivity contribution < 1.29 is 0 Å². The Kier molecular flexibility index (Phi) is 3.59. The van der Waals surface area contributed by atoms with Gasteiger partial charge in [0.1, 0.15) is 6.67 Å². The Balaban J connectivity index is 0.000000514. The molecule has 1 aliphatic carbocycles. The van der Waals surface area contributed by atoms with Crippen molar-refractivity contribution in [2.24, 2.45) is 10.7 Å². The Hall–Kier alpha value is -1.61. The molecular weight excluding hydrogens is 210 g/mol. The molecule has 3 nitrogen and oxygen atoms in total. The molecule has 1 aliphatic heterocycles. The summed E-state index contributed by atoms with van der Waals surface area (Å²) in [5.74, 6) is 0. The highest BCUT2D eigenvalue weighted by molar-refractivity contribution is 6.11. The number of aliphatic imine (C=N–C) groups is 1. The van der Waals surface area contributed by atoms with E-state index in [-0.39, 0.29) is 6.04 Å². The number of hydrogen-bond donors (Lipinski definition) is 2. The second kappa shape index (κ2) is 5.15. The molecule has 0 radical (unpaired) electrons. The SMILES string of the molecule is CC.NC1Cc2cccc(C3=CNCN=C3)c21. The monoisotopic (exact) mass is 229 g/mol. The van der Waals surface area contributed by atoms with Gasteiger partial charge in [0.25, 0.3) is 0 Å². The van der Waals surface area contributed by atoms with Crippen molar-refractivity contribution in [1.29, 1.82) is 0 Å². The fourth-order valence-corrected chi connectivity index (χ4v) is 2.23. The van der Waals surface area contributed by atoms with Gasteiger partial charge in [-0.25, -0.2) is 0 Å². The van der Waals surface area contributed by atoms with Gasteiger partial charge in [-0.15, -0.1) is 0 Å². The fourth-order valence-electron chi connectivity index (χ4n) is 2.23. The van der Waals surface area contributed by atoms with Crippen molar-refractivity contribution >= 4 is 11.8 Å². The van der Waals surface area contributed by atoms with E-state index >= 15 is 0 Å². The molecule has 2 aliphatic rings. The first-order valence-electron chi connectivity index (χ1n) is 6.17. The van der Waals surface area contributed by atoms with Crippen LogP contribution in [0.4, 0.5) is 0 Å². The van der Waals surface area contributed by atoms with Gasteiger partial charge in [0.2, 0.25) is 0 Å². The van der Waals surface area contributed by atoms with Gasteiger partial charge in [-0.3, -0.25) is 4.99 Å². The molecule has 3 rings (SSSR count). The van der Waals surface area contributed by atoms with Crippen molar-refractivity contribution in [2.75, 3.05) is 6.67 Å². The Morgan fingerprint density at radius 2 is 2.18 bits per heavy atom. The normalized spacial score (nSPS) is 20.2. The zero-order valence-corrected chi connectivity index (χ0v) is 10.4. The summed E-state index contributed by atoms with van der Waals surface area (Å²) in [6.45, 7) is 4.67. The van der Waals surface area contributed by atoms with Crippen molar-refractivity contribution in [3.05, 3.63) is 41.1 Å². The first-order valence-corrected chi connectivity index (χ1v) is 6.17. The van der Waals surface area contributed by atoms with Gasteiger partial charge in [0.15, 0.2) is 0 Å². The molecule has 0 bridgehead atoms. The van der Waals surface area contributed by atoms with Crippen LogP contribution >= 0.6 is 0 Å². The van der Waals surface area contributed by atoms with E-state index in [2.05, 4.69) is 28.5 Å². The molecule has 1 atom stereocenters. The molecule has 17 heavy (non-hydrogen) atoms. The van der Waals surface area contributed by atoms with Crippen LogP contribution in [-0.2, 0) is 6.42 Å². The maximum absolute atomic E-state index is 6.01. The maximum Gasteiger partial charge on any atom is 0.107 e. The van der Waals surface area contributed by atoms with E-state index < -0.39 is 0 Å². The molecule has 0 spiro atoms. The number of nitrogens with zero attached hydrogens (tertiary/aromatic N) is 1. The Morgan fingerprint density at radius 1 is 1.35 bits per heavy atom. The third kappa shape index (κ3) is 2.11. The van der Waals surface area contributed by atoms with Crippen LogP contribution in [0.25, 0.3) is 5.57 Å². The standard InChI is InChI=1S/C12H13N3.C2H6/c13-11-4-8-2-1-3-10(12(8)11)9-5-14-7-15-6-9;1-2/h1-3,5-6,11,14H,4,7,13H2;1-2H3. The molecule has 3 N–H and O–H groups in total. The molecule has 0 fully saturated rings. The van der Waals surface area contributed by atoms with E-state index in [1.165, 1.54) is 16.7 Å². The maximum atomic E-state index is 6.01. The largest absolute Gasteiger partial charge is 0.372 e. The van der Waals surface area contributed by atoms with E-state index in [1.807, 2.05) is 26.3 Å². The fraction of sp³-hybridized carbons (Fsp3) is 0.357. The lowest BCUT2D eigenvalue weighted by atomic mass is 9.79. The number of allylic oxidation sites excluding steroid dienone is 1. The van der Waals surface area contributed by atoms with Crippen LogP contribution in [0.5, 0.6) is 0 Å². The van der Waals surface area contributed by atoms with Crippen LogP contribution in [0.1, 0.15) is 36.6 Å². The average Bonchev–Trinajstić information content (AvgIpc) is 2.40. The smallest absolute Gasteiger partial charge is 0.107 e. The molecule has 1 heterocycles. The molecule has 0 saturated carbocycles. The number of nitrogens with two attached hydrogens (primary N) is 1. The van der Waals surface area contributed by atoms with Crippen LogP contribution < -0.4 is 11.1 Å². The van der Waals surface area contributed by atoms with Gasteiger partial charge in [0.05, 0.1) is 0 Å². The Labute approximate surface area is 102 Å². The van der Waals surface area contributed by atoms with E-state index in [0.29, 0.717) is 6.67 Å². The summed E-state index contributed by atoms with van der Waals surface area (Å²) in [7, 11) is 0. The second-order valence-electron chi connectivity index (χ2n) is 3.96. The molecule has 0 aromatic heterocycles. The molecule has 0 saturated heterocycles. The zero-order valence-electron chi connectivity index (χ0n) is 10.4.